The summed E-state index contributed by atoms with van der Waals surface area (Å²) in [5.41, 5.74) is 0. The van der Waals surface area contributed by atoms with Crippen molar-refractivity contribution < 1.29 is 69.1 Å². The number of carbonyl (C=O) groups is 1. The SMILES string of the molecule is CNC(=O)C(C)C[B-](F)(F)F.[K+]. The monoisotopic (exact) mass is 207 g/mol. The molecular formula is C5H10BF3KNO. The van der Waals surface area contributed by atoms with Crippen LogP contribution in [0.5, 0.6) is 0 Å². The van der Waals surface area contributed by atoms with Crippen molar-refractivity contribution in [2.75, 3.05) is 7.05 Å². The predicted molar refractivity (Wildman–Crippen MR) is 37.1 cm³/mol. The van der Waals surface area contributed by atoms with Crippen LogP contribution in [0.2, 0.25) is 6.32 Å². The summed E-state index contributed by atoms with van der Waals surface area (Å²) in [6.07, 6.45) is -1.00. The van der Waals surface area contributed by atoms with Gasteiger partial charge in [-0.3, -0.25) is 4.79 Å². The van der Waals surface area contributed by atoms with E-state index in [4.69, 9.17) is 0 Å². The summed E-state index contributed by atoms with van der Waals surface area (Å²) in [6.45, 7) is -3.59. The van der Waals surface area contributed by atoms with Crippen LogP contribution >= 0.6 is 0 Å². The zero-order valence-corrected chi connectivity index (χ0v) is 10.5. The van der Waals surface area contributed by atoms with Gasteiger partial charge in [0.2, 0.25) is 5.91 Å². The Kier molecular flexibility index (Phi) is 8.26. The minimum Gasteiger partial charge on any atom is -0.449 e. The maximum absolute atomic E-state index is 11.7. The summed E-state index contributed by atoms with van der Waals surface area (Å²) in [7, 11) is 1.32. The molecule has 0 rings (SSSR count). The van der Waals surface area contributed by atoms with Crippen LogP contribution in [0, 0.1) is 5.92 Å². The maximum atomic E-state index is 11.7. The number of rotatable bonds is 3. The second kappa shape index (κ2) is 6.42. The minimum atomic E-state index is -4.84. The number of nitrogens with one attached hydrogen (secondary N) is 1. The molecule has 0 saturated heterocycles. The van der Waals surface area contributed by atoms with Gasteiger partial charge in [-0.25, -0.2) is 0 Å². The molecule has 0 fully saturated rings. The molecule has 1 atom stereocenters. The topological polar surface area (TPSA) is 29.1 Å². The van der Waals surface area contributed by atoms with Crippen molar-refractivity contribution in [3.8, 4) is 0 Å². The second-order valence-corrected chi connectivity index (χ2v) is 2.46. The van der Waals surface area contributed by atoms with Gasteiger partial charge in [-0.15, -0.1) is 0 Å². The van der Waals surface area contributed by atoms with Crippen molar-refractivity contribution >= 4 is 12.9 Å². The summed E-state index contributed by atoms with van der Waals surface area (Å²) in [5, 5.41) is 2.16. The van der Waals surface area contributed by atoms with Crippen LogP contribution in [0.25, 0.3) is 0 Å². The fourth-order valence-corrected chi connectivity index (χ4v) is 0.754. The van der Waals surface area contributed by atoms with Gasteiger partial charge in [0, 0.05) is 13.0 Å². The van der Waals surface area contributed by atoms with E-state index in [0.29, 0.717) is 0 Å². The van der Waals surface area contributed by atoms with Gasteiger partial charge in [0.25, 0.3) is 0 Å². The van der Waals surface area contributed by atoms with E-state index in [1.54, 1.807) is 0 Å². The van der Waals surface area contributed by atoms with Crippen molar-refractivity contribution in [1.29, 1.82) is 0 Å². The van der Waals surface area contributed by atoms with Crippen LogP contribution in [-0.4, -0.2) is 19.9 Å². The standard InChI is InChI=1S/C5H10BF3NO.K/c1-4(5(11)10-2)3-6(7,8)9;/h4H,3H2,1-2H3,(H,10,11);/q-1;+1. The molecule has 0 aliphatic heterocycles. The Hall–Kier alpha value is 0.961. The van der Waals surface area contributed by atoms with Crippen LogP contribution in [0.1, 0.15) is 6.92 Å². The van der Waals surface area contributed by atoms with E-state index in [-0.39, 0.29) is 51.4 Å². The Balaban J connectivity index is 0. The maximum Gasteiger partial charge on any atom is 1.00 e. The number of amides is 1. The van der Waals surface area contributed by atoms with Crippen molar-refractivity contribution in [2.24, 2.45) is 5.92 Å². The Labute approximate surface area is 112 Å². The third kappa shape index (κ3) is 7.60. The molecule has 0 aliphatic rings. The molecule has 66 valence electrons. The molecule has 0 aromatic carbocycles. The first-order chi connectivity index (χ1) is 4.87. The van der Waals surface area contributed by atoms with E-state index in [9.17, 15) is 17.7 Å². The molecule has 0 aliphatic carbocycles. The molecule has 2 nitrogen and oxygen atoms in total. The molecule has 0 radical (unpaired) electrons. The third-order valence-corrected chi connectivity index (χ3v) is 1.31. The largest absolute Gasteiger partial charge is 1.00 e. The molecule has 1 unspecified atom stereocenters. The molecule has 1 N–H and O–H groups in total. The van der Waals surface area contributed by atoms with Crippen molar-refractivity contribution in [1.82, 2.24) is 5.32 Å². The van der Waals surface area contributed by atoms with E-state index < -0.39 is 25.1 Å². The second-order valence-electron chi connectivity index (χ2n) is 2.46. The predicted octanol–water partition coefficient (Wildman–Crippen LogP) is -1.78. The van der Waals surface area contributed by atoms with E-state index in [0.717, 1.165) is 0 Å². The Morgan fingerprint density at radius 1 is 1.50 bits per heavy atom. The van der Waals surface area contributed by atoms with Crippen LogP contribution in [0.15, 0.2) is 0 Å². The van der Waals surface area contributed by atoms with E-state index >= 15 is 0 Å². The normalized spacial score (nSPS) is 13.1. The Morgan fingerprint density at radius 2 is 1.92 bits per heavy atom. The Morgan fingerprint density at radius 3 is 2.17 bits per heavy atom. The first-order valence-corrected chi connectivity index (χ1v) is 3.29. The van der Waals surface area contributed by atoms with Crippen molar-refractivity contribution in [3.05, 3.63) is 0 Å². The minimum absolute atomic E-state index is 0. The summed E-state index contributed by atoms with van der Waals surface area (Å²) >= 11 is 0. The number of hydrogen-bond donors (Lipinski definition) is 1. The first kappa shape index (κ1) is 15.4. The summed E-state index contributed by atoms with van der Waals surface area (Å²) in [6, 6.07) is 0. The van der Waals surface area contributed by atoms with Crippen LogP contribution in [0.3, 0.4) is 0 Å². The average molecular weight is 207 g/mol. The van der Waals surface area contributed by atoms with Gasteiger partial charge in [-0.05, 0) is 0 Å². The number of halogens is 3. The summed E-state index contributed by atoms with van der Waals surface area (Å²) < 4.78 is 35.1. The van der Waals surface area contributed by atoms with Crippen LogP contribution in [-0.2, 0) is 4.79 Å². The molecule has 1 amide bonds. The number of hydrogen-bond acceptors (Lipinski definition) is 1. The quantitative estimate of drug-likeness (QED) is 0.544. The molecular weight excluding hydrogens is 197 g/mol. The molecule has 0 spiro atoms. The van der Waals surface area contributed by atoms with Gasteiger partial charge in [0.15, 0.2) is 0 Å². The summed E-state index contributed by atoms with van der Waals surface area (Å²) in [4.78, 5) is 10.6. The summed E-state index contributed by atoms with van der Waals surface area (Å²) in [5.74, 6) is -1.54. The van der Waals surface area contributed by atoms with Gasteiger partial charge >= 0.3 is 58.4 Å². The van der Waals surface area contributed by atoms with Gasteiger partial charge in [-0.2, -0.15) is 0 Å². The van der Waals surface area contributed by atoms with E-state index in [2.05, 4.69) is 5.32 Å². The van der Waals surface area contributed by atoms with Gasteiger partial charge in [0.05, 0.1) is 0 Å². The molecule has 0 bridgehead atoms. The van der Waals surface area contributed by atoms with Crippen molar-refractivity contribution in [3.63, 3.8) is 0 Å². The van der Waals surface area contributed by atoms with Gasteiger partial charge in [0.1, 0.15) is 0 Å². The molecule has 7 heteroatoms. The molecule has 0 saturated carbocycles. The fraction of sp³-hybridized carbons (Fsp3) is 0.800. The molecule has 12 heavy (non-hydrogen) atoms. The first-order valence-electron chi connectivity index (χ1n) is 3.29. The van der Waals surface area contributed by atoms with Crippen LogP contribution < -0.4 is 56.7 Å². The average Bonchev–Trinajstić information content (AvgIpc) is 1.82. The number of carbonyl (C=O) groups excluding carboxylic acids is 1. The molecule has 0 aromatic heterocycles. The fourth-order valence-electron chi connectivity index (χ4n) is 0.754. The molecule has 0 heterocycles. The Bertz CT molecular complexity index is 152. The zero-order valence-electron chi connectivity index (χ0n) is 7.40. The molecule has 0 aromatic rings. The van der Waals surface area contributed by atoms with Crippen molar-refractivity contribution in [2.45, 2.75) is 13.2 Å². The third-order valence-electron chi connectivity index (χ3n) is 1.31. The van der Waals surface area contributed by atoms with E-state index in [1.807, 2.05) is 0 Å². The smallest absolute Gasteiger partial charge is 0.449 e. The zero-order chi connectivity index (χ0) is 9.07. The van der Waals surface area contributed by atoms with Gasteiger partial charge in [-0.1, -0.05) is 13.2 Å². The van der Waals surface area contributed by atoms with E-state index in [1.165, 1.54) is 14.0 Å². The van der Waals surface area contributed by atoms with Gasteiger partial charge < -0.3 is 18.3 Å². The van der Waals surface area contributed by atoms with Crippen LogP contribution in [0.4, 0.5) is 12.9 Å².